The van der Waals surface area contributed by atoms with Crippen LogP contribution in [0.2, 0.25) is 0 Å². The number of anilines is 1. The van der Waals surface area contributed by atoms with Crippen LogP contribution in [0.25, 0.3) is 0 Å². The number of benzene rings is 1. The zero-order valence-corrected chi connectivity index (χ0v) is 12.5. The van der Waals surface area contributed by atoms with Gasteiger partial charge in [-0.25, -0.2) is 14.0 Å². The van der Waals surface area contributed by atoms with Crippen molar-refractivity contribution >= 4 is 17.7 Å². The smallest absolute Gasteiger partial charge is 0.335 e. The number of carboxylic acid groups (broad SMARTS) is 1. The number of amides is 2. The summed E-state index contributed by atoms with van der Waals surface area (Å²) >= 11 is 0. The minimum Gasteiger partial charge on any atom is -0.478 e. The van der Waals surface area contributed by atoms with Crippen LogP contribution in [-0.2, 0) is 0 Å². The van der Waals surface area contributed by atoms with E-state index in [2.05, 4.69) is 10.6 Å². The highest BCUT2D eigenvalue weighted by Crippen LogP contribution is 2.16. The Morgan fingerprint density at radius 3 is 2.43 bits per heavy atom. The Balaban J connectivity index is 2.66. The summed E-state index contributed by atoms with van der Waals surface area (Å²) in [7, 11) is 3.79. The summed E-state index contributed by atoms with van der Waals surface area (Å²) in [6, 6.07) is 2.76. The second kappa shape index (κ2) is 6.53. The summed E-state index contributed by atoms with van der Waals surface area (Å²) in [5, 5.41) is 13.7. The van der Waals surface area contributed by atoms with Crippen LogP contribution in [-0.4, -0.2) is 48.2 Å². The lowest BCUT2D eigenvalue weighted by Gasteiger charge is -2.32. The van der Waals surface area contributed by atoms with Gasteiger partial charge in [-0.1, -0.05) is 0 Å². The second-order valence-electron chi connectivity index (χ2n) is 5.51. The maximum Gasteiger partial charge on any atom is 0.335 e. The fraction of sp³-hybridized carbons (Fsp3) is 0.429. The molecule has 0 fully saturated rings. The van der Waals surface area contributed by atoms with Crippen LogP contribution in [0, 0.1) is 5.82 Å². The predicted octanol–water partition coefficient (Wildman–Crippen LogP) is 1.99. The monoisotopic (exact) mass is 297 g/mol. The lowest BCUT2D eigenvalue weighted by atomic mass is 10.1. The van der Waals surface area contributed by atoms with Crippen molar-refractivity contribution < 1.29 is 19.1 Å². The molecule has 0 aliphatic rings. The molecule has 1 rings (SSSR count). The van der Waals surface area contributed by atoms with Crippen LogP contribution < -0.4 is 10.6 Å². The molecule has 0 saturated heterocycles. The van der Waals surface area contributed by atoms with Gasteiger partial charge in [0.25, 0.3) is 0 Å². The molecule has 0 atom stereocenters. The first kappa shape index (κ1) is 16.9. The van der Waals surface area contributed by atoms with E-state index in [0.717, 1.165) is 6.07 Å². The number of hydrogen-bond donors (Lipinski definition) is 3. The summed E-state index contributed by atoms with van der Waals surface area (Å²) in [5.41, 5.74) is -0.490. The third-order valence-corrected chi connectivity index (χ3v) is 3.36. The molecule has 6 nitrogen and oxygen atoms in total. The Hall–Kier alpha value is -2.15. The molecule has 1 aromatic rings. The third kappa shape index (κ3) is 4.71. The molecular formula is C14H20FN3O3. The summed E-state index contributed by atoms with van der Waals surface area (Å²) < 4.78 is 13.7. The maximum atomic E-state index is 13.7. The molecule has 0 unspecified atom stereocenters. The van der Waals surface area contributed by atoms with Gasteiger partial charge >= 0.3 is 12.0 Å². The van der Waals surface area contributed by atoms with Gasteiger partial charge in [-0.15, -0.1) is 0 Å². The fourth-order valence-corrected chi connectivity index (χ4v) is 1.37. The van der Waals surface area contributed by atoms with Crippen molar-refractivity contribution in [2.45, 2.75) is 19.4 Å². The Morgan fingerprint density at radius 1 is 1.33 bits per heavy atom. The van der Waals surface area contributed by atoms with E-state index in [4.69, 9.17) is 5.11 Å². The highest BCUT2D eigenvalue weighted by molar-refractivity contribution is 5.91. The number of aromatic carboxylic acids is 1. The van der Waals surface area contributed by atoms with Gasteiger partial charge < -0.3 is 20.6 Å². The normalized spacial score (nSPS) is 11.3. The van der Waals surface area contributed by atoms with Gasteiger partial charge in [-0.2, -0.15) is 0 Å². The first-order valence-electron chi connectivity index (χ1n) is 6.38. The molecule has 116 valence electrons. The number of urea groups is 1. The minimum absolute atomic E-state index is 0.0693. The molecule has 0 radical (unpaired) electrons. The summed E-state index contributed by atoms with van der Waals surface area (Å²) in [6.45, 7) is 4.28. The van der Waals surface area contributed by atoms with E-state index in [1.165, 1.54) is 12.1 Å². The van der Waals surface area contributed by atoms with Gasteiger partial charge in [0, 0.05) is 12.1 Å². The van der Waals surface area contributed by atoms with E-state index in [1.807, 2.05) is 32.8 Å². The molecule has 3 N–H and O–H groups in total. The molecule has 0 saturated carbocycles. The standard InChI is InChI=1S/C14H20FN3O3/c1-14(2,18(3)4)8-16-13(21)17-11-6-5-9(12(19)20)7-10(11)15/h5-7H,8H2,1-4H3,(H,19,20)(H2,16,17,21). The van der Waals surface area contributed by atoms with Gasteiger partial charge in [0.15, 0.2) is 0 Å². The van der Waals surface area contributed by atoms with Crippen LogP contribution in [0.1, 0.15) is 24.2 Å². The lowest BCUT2D eigenvalue weighted by molar-refractivity contribution is 0.0696. The number of likely N-dealkylation sites (N-methyl/N-ethyl adjacent to an activating group) is 1. The molecule has 0 bridgehead atoms. The van der Waals surface area contributed by atoms with E-state index >= 15 is 0 Å². The van der Waals surface area contributed by atoms with Crippen LogP contribution >= 0.6 is 0 Å². The number of hydrogen-bond acceptors (Lipinski definition) is 3. The number of carbonyl (C=O) groups excluding carboxylic acids is 1. The Labute approximate surface area is 122 Å². The van der Waals surface area contributed by atoms with Crippen LogP contribution in [0.4, 0.5) is 14.9 Å². The minimum atomic E-state index is -1.22. The predicted molar refractivity (Wildman–Crippen MR) is 78.1 cm³/mol. The first-order chi connectivity index (χ1) is 9.63. The molecule has 0 heterocycles. The average Bonchev–Trinajstić information content (AvgIpc) is 2.38. The molecule has 2 amide bonds. The van der Waals surface area contributed by atoms with Gasteiger partial charge in [-0.05, 0) is 46.1 Å². The van der Waals surface area contributed by atoms with Crippen LogP contribution in [0.5, 0.6) is 0 Å². The number of rotatable bonds is 5. The maximum absolute atomic E-state index is 13.7. The van der Waals surface area contributed by atoms with Crippen molar-refractivity contribution in [2.75, 3.05) is 26.0 Å². The summed E-state index contributed by atoms with van der Waals surface area (Å²) in [6.07, 6.45) is 0. The van der Waals surface area contributed by atoms with Gasteiger partial charge in [-0.3, -0.25) is 0 Å². The highest BCUT2D eigenvalue weighted by atomic mass is 19.1. The molecule has 1 aromatic carbocycles. The van der Waals surface area contributed by atoms with Crippen molar-refractivity contribution in [1.82, 2.24) is 10.2 Å². The molecule has 0 aliphatic heterocycles. The van der Waals surface area contributed by atoms with E-state index in [0.29, 0.717) is 6.54 Å². The number of halogens is 1. The molecule has 21 heavy (non-hydrogen) atoms. The van der Waals surface area contributed by atoms with Crippen molar-refractivity contribution in [3.63, 3.8) is 0 Å². The first-order valence-corrected chi connectivity index (χ1v) is 6.38. The lowest BCUT2D eigenvalue weighted by Crippen LogP contribution is -2.49. The van der Waals surface area contributed by atoms with Gasteiger partial charge in [0.05, 0.1) is 11.3 Å². The topological polar surface area (TPSA) is 81.7 Å². The average molecular weight is 297 g/mol. The molecule has 0 aliphatic carbocycles. The zero-order valence-electron chi connectivity index (χ0n) is 12.5. The Kier molecular flexibility index (Phi) is 5.26. The van der Waals surface area contributed by atoms with Crippen molar-refractivity contribution in [3.8, 4) is 0 Å². The second-order valence-corrected chi connectivity index (χ2v) is 5.51. The number of nitrogens with one attached hydrogen (secondary N) is 2. The molecular weight excluding hydrogens is 277 g/mol. The fourth-order valence-electron chi connectivity index (χ4n) is 1.37. The number of carboxylic acids is 1. The van der Waals surface area contributed by atoms with Crippen LogP contribution in [0.15, 0.2) is 18.2 Å². The van der Waals surface area contributed by atoms with Crippen molar-refractivity contribution in [2.24, 2.45) is 0 Å². The molecule has 0 aromatic heterocycles. The molecule has 0 spiro atoms. The van der Waals surface area contributed by atoms with E-state index in [-0.39, 0.29) is 16.8 Å². The number of carbonyl (C=O) groups is 2. The summed E-state index contributed by atoms with van der Waals surface area (Å²) in [5.74, 6) is -2.02. The summed E-state index contributed by atoms with van der Waals surface area (Å²) in [4.78, 5) is 24.4. The Morgan fingerprint density at radius 2 is 1.95 bits per heavy atom. The van der Waals surface area contributed by atoms with E-state index in [9.17, 15) is 14.0 Å². The van der Waals surface area contributed by atoms with Crippen molar-refractivity contribution in [3.05, 3.63) is 29.6 Å². The van der Waals surface area contributed by atoms with Gasteiger partial charge in [0.2, 0.25) is 0 Å². The Bertz CT molecular complexity index is 544. The van der Waals surface area contributed by atoms with Gasteiger partial charge in [0.1, 0.15) is 5.82 Å². The third-order valence-electron chi connectivity index (χ3n) is 3.36. The van der Waals surface area contributed by atoms with E-state index in [1.54, 1.807) is 0 Å². The van der Waals surface area contributed by atoms with E-state index < -0.39 is 17.8 Å². The molecule has 7 heteroatoms. The quantitative estimate of drug-likeness (QED) is 0.776. The highest BCUT2D eigenvalue weighted by Gasteiger charge is 2.21. The van der Waals surface area contributed by atoms with Crippen LogP contribution in [0.3, 0.4) is 0 Å². The van der Waals surface area contributed by atoms with Crippen molar-refractivity contribution in [1.29, 1.82) is 0 Å². The number of nitrogens with zero attached hydrogens (tertiary/aromatic N) is 1. The largest absolute Gasteiger partial charge is 0.478 e. The zero-order chi connectivity index (χ0) is 16.2. The SMILES string of the molecule is CN(C)C(C)(C)CNC(=O)Nc1ccc(C(=O)O)cc1F.